The van der Waals surface area contributed by atoms with Gasteiger partial charge in [-0.3, -0.25) is 4.79 Å². The lowest BCUT2D eigenvalue weighted by Crippen LogP contribution is -2.36. The van der Waals surface area contributed by atoms with Crippen LogP contribution in [-0.2, 0) is 17.6 Å². The predicted octanol–water partition coefficient (Wildman–Crippen LogP) is 1.03. The Hall–Kier alpha value is -1.39. The van der Waals surface area contributed by atoms with Crippen LogP contribution >= 0.6 is 0 Å². The molecule has 4 nitrogen and oxygen atoms in total. The molecule has 0 bridgehead atoms. The molecule has 0 saturated heterocycles. The van der Waals surface area contributed by atoms with Gasteiger partial charge in [-0.1, -0.05) is 12.1 Å². The van der Waals surface area contributed by atoms with Crippen molar-refractivity contribution in [3.05, 3.63) is 29.3 Å². The van der Waals surface area contributed by atoms with Crippen LogP contribution in [0.5, 0.6) is 0 Å². The Labute approximate surface area is 115 Å². The fraction of sp³-hybridized carbons (Fsp3) is 0.533. The van der Waals surface area contributed by atoms with E-state index >= 15 is 0 Å². The van der Waals surface area contributed by atoms with Crippen molar-refractivity contribution < 1.29 is 4.79 Å². The number of rotatable bonds is 5. The number of likely N-dealkylation sites (N-methyl/N-ethyl adjacent to an activating group) is 2. The summed E-state index contributed by atoms with van der Waals surface area (Å²) >= 11 is 0. The van der Waals surface area contributed by atoms with Gasteiger partial charge in [0.2, 0.25) is 5.91 Å². The zero-order valence-electron chi connectivity index (χ0n) is 12.0. The number of fused-ring (bicyclic) bond motifs is 1. The minimum atomic E-state index is 0.182. The van der Waals surface area contributed by atoms with Crippen LogP contribution in [-0.4, -0.2) is 44.0 Å². The van der Waals surface area contributed by atoms with E-state index < -0.39 is 0 Å². The maximum Gasteiger partial charge on any atom is 0.231 e. The van der Waals surface area contributed by atoms with E-state index in [9.17, 15) is 4.79 Å². The standard InChI is InChI=1S/C15H23N3O/c1-11(10-16)17(2)7-6-12-4-5-14-13(8-12)9-15(19)18(14)3/h4-5,8,11H,6-7,9-10,16H2,1-3H3. The predicted molar refractivity (Wildman–Crippen MR) is 78.4 cm³/mol. The van der Waals surface area contributed by atoms with Gasteiger partial charge in [0.25, 0.3) is 0 Å². The Kier molecular flexibility index (Phi) is 4.22. The fourth-order valence-electron chi connectivity index (χ4n) is 2.38. The third kappa shape index (κ3) is 2.96. The summed E-state index contributed by atoms with van der Waals surface area (Å²) < 4.78 is 0. The topological polar surface area (TPSA) is 49.6 Å². The molecular weight excluding hydrogens is 238 g/mol. The molecule has 104 valence electrons. The zero-order chi connectivity index (χ0) is 14.0. The number of hydrogen-bond acceptors (Lipinski definition) is 3. The van der Waals surface area contributed by atoms with Crippen molar-refractivity contribution >= 4 is 11.6 Å². The molecule has 0 radical (unpaired) electrons. The first-order chi connectivity index (χ1) is 9.02. The Bertz CT molecular complexity index is 472. The molecule has 1 aromatic rings. The maximum absolute atomic E-state index is 11.6. The van der Waals surface area contributed by atoms with Crippen LogP contribution in [0.25, 0.3) is 0 Å². The lowest BCUT2D eigenvalue weighted by Gasteiger charge is -2.23. The van der Waals surface area contributed by atoms with Crippen LogP contribution in [0.4, 0.5) is 5.69 Å². The van der Waals surface area contributed by atoms with Gasteiger partial charge in [0.15, 0.2) is 0 Å². The molecule has 1 heterocycles. The summed E-state index contributed by atoms with van der Waals surface area (Å²) in [5.74, 6) is 0.182. The molecule has 1 aliphatic heterocycles. The first-order valence-corrected chi connectivity index (χ1v) is 6.81. The molecule has 2 N–H and O–H groups in total. The number of amides is 1. The molecule has 4 heteroatoms. The van der Waals surface area contributed by atoms with E-state index in [-0.39, 0.29) is 5.91 Å². The average Bonchev–Trinajstić information content (AvgIpc) is 2.70. The van der Waals surface area contributed by atoms with E-state index in [0.717, 1.165) is 24.2 Å². The Morgan fingerprint density at radius 3 is 2.89 bits per heavy atom. The summed E-state index contributed by atoms with van der Waals surface area (Å²) in [6.07, 6.45) is 1.53. The van der Waals surface area contributed by atoms with E-state index in [2.05, 4.69) is 37.1 Å². The molecule has 1 unspecified atom stereocenters. The number of nitrogens with two attached hydrogens (primary N) is 1. The molecule has 0 saturated carbocycles. The molecular formula is C15H23N3O. The van der Waals surface area contributed by atoms with Gasteiger partial charge < -0.3 is 15.5 Å². The first kappa shape index (κ1) is 14.0. The fourth-order valence-corrected chi connectivity index (χ4v) is 2.38. The SMILES string of the molecule is CC(CN)N(C)CCc1ccc2c(c1)CC(=O)N2C. The molecule has 1 aliphatic rings. The van der Waals surface area contributed by atoms with Gasteiger partial charge in [0.05, 0.1) is 6.42 Å². The van der Waals surface area contributed by atoms with Crippen molar-refractivity contribution in [3.8, 4) is 0 Å². The number of carbonyl (C=O) groups is 1. The number of nitrogens with zero attached hydrogens (tertiary/aromatic N) is 2. The summed E-state index contributed by atoms with van der Waals surface area (Å²) in [5.41, 5.74) is 9.16. The Morgan fingerprint density at radius 1 is 1.47 bits per heavy atom. The molecule has 0 fully saturated rings. The molecule has 1 atom stereocenters. The maximum atomic E-state index is 11.6. The zero-order valence-corrected chi connectivity index (χ0v) is 12.0. The van der Waals surface area contributed by atoms with Crippen LogP contribution < -0.4 is 10.6 Å². The summed E-state index contributed by atoms with van der Waals surface area (Å²) in [7, 11) is 3.94. The highest BCUT2D eigenvalue weighted by molar-refractivity contribution is 6.00. The van der Waals surface area contributed by atoms with Crippen molar-refractivity contribution in [2.24, 2.45) is 5.73 Å². The molecule has 0 aromatic heterocycles. The lowest BCUT2D eigenvalue weighted by atomic mass is 10.1. The minimum Gasteiger partial charge on any atom is -0.329 e. The minimum absolute atomic E-state index is 0.182. The summed E-state index contributed by atoms with van der Waals surface area (Å²) in [6, 6.07) is 6.75. The quantitative estimate of drug-likeness (QED) is 0.861. The van der Waals surface area contributed by atoms with Crippen molar-refractivity contribution in [3.63, 3.8) is 0 Å². The largest absolute Gasteiger partial charge is 0.329 e. The Balaban J connectivity index is 2.00. The molecule has 1 aromatic carbocycles. The van der Waals surface area contributed by atoms with Crippen molar-refractivity contribution in [1.82, 2.24) is 4.90 Å². The van der Waals surface area contributed by atoms with Crippen LogP contribution in [0.1, 0.15) is 18.1 Å². The summed E-state index contributed by atoms with van der Waals surface area (Å²) in [5, 5.41) is 0. The van der Waals surface area contributed by atoms with E-state index in [0.29, 0.717) is 19.0 Å². The van der Waals surface area contributed by atoms with Crippen LogP contribution in [0.3, 0.4) is 0 Å². The number of anilines is 1. The van der Waals surface area contributed by atoms with Crippen molar-refractivity contribution in [2.75, 3.05) is 32.1 Å². The Morgan fingerprint density at radius 2 is 2.21 bits per heavy atom. The molecule has 0 spiro atoms. The lowest BCUT2D eigenvalue weighted by molar-refractivity contribution is -0.117. The van der Waals surface area contributed by atoms with Gasteiger partial charge >= 0.3 is 0 Å². The van der Waals surface area contributed by atoms with Gasteiger partial charge in [-0.15, -0.1) is 0 Å². The van der Waals surface area contributed by atoms with Gasteiger partial charge in [-0.05, 0) is 37.6 Å². The highest BCUT2D eigenvalue weighted by atomic mass is 16.2. The highest BCUT2D eigenvalue weighted by Gasteiger charge is 2.23. The summed E-state index contributed by atoms with van der Waals surface area (Å²) in [4.78, 5) is 15.6. The number of carbonyl (C=O) groups excluding carboxylic acids is 1. The van der Waals surface area contributed by atoms with Crippen LogP contribution in [0.2, 0.25) is 0 Å². The van der Waals surface area contributed by atoms with Crippen molar-refractivity contribution in [2.45, 2.75) is 25.8 Å². The normalized spacial score (nSPS) is 16.1. The van der Waals surface area contributed by atoms with Crippen molar-refractivity contribution in [1.29, 1.82) is 0 Å². The number of hydrogen-bond donors (Lipinski definition) is 1. The average molecular weight is 261 g/mol. The third-order valence-electron chi connectivity index (χ3n) is 4.07. The van der Waals surface area contributed by atoms with E-state index in [1.165, 1.54) is 5.56 Å². The second-order valence-corrected chi connectivity index (χ2v) is 5.41. The van der Waals surface area contributed by atoms with Crippen LogP contribution in [0, 0.1) is 0 Å². The first-order valence-electron chi connectivity index (χ1n) is 6.81. The smallest absolute Gasteiger partial charge is 0.231 e. The molecule has 1 amide bonds. The van der Waals surface area contributed by atoms with Gasteiger partial charge in [0.1, 0.15) is 0 Å². The van der Waals surface area contributed by atoms with E-state index in [1.54, 1.807) is 4.90 Å². The summed E-state index contributed by atoms with van der Waals surface area (Å²) in [6.45, 7) is 3.80. The van der Waals surface area contributed by atoms with Crippen LogP contribution in [0.15, 0.2) is 18.2 Å². The molecule has 2 rings (SSSR count). The molecule has 0 aliphatic carbocycles. The van der Waals surface area contributed by atoms with E-state index in [1.807, 2.05) is 7.05 Å². The molecule has 19 heavy (non-hydrogen) atoms. The van der Waals surface area contributed by atoms with Gasteiger partial charge in [-0.2, -0.15) is 0 Å². The highest BCUT2D eigenvalue weighted by Crippen LogP contribution is 2.28. The van der Waals surface area contributed by atoms with Gasteiger partial charge in [0, 0.05) is 31.9 Å². The second-order valence-electron chi connectivity index (χ2n) is 5.41. The van der Waals surface area contributed by atoms with E-state index in [4.69, 9.17) is 5.73 Å². The number of benzene rings is 1. The van der Waals surface area contributed by atoms with Gasteiger partial charge in [-0.25, -0.2) is 0 Å². The third-order valence-corrected chi connectivity index (χ3v) is 4.07. The monoisotopic (exact) mass is 261 g/mol. The second kappa shape index (κ2) is 5.72.